The molecule has 2 aromatic rings. The van der Waals surface area contributed by atoms with E-state index in [1.54, 1.807) is 0 Å². The van der Waals surface area contributed by atoms with E-state index in [1.807, 2.05) is 0 Å². The third-order valence-corrected chi connectivity index (χ3v) is 3.56. The molecule has 1 saturated heterocycles. The van der Waals surface area contributed by atoms with Crippen molar-refractivity contribution in [2.45, 2.75) is 19.3 Å². The van der Waals surface area contributed by atoms with Crippen molar-refractivity contribution in [3.8, 4) is 0 Å². The summed E-state index contributed by atoms with van der Waals surface area (Å²) < 4.78 is 32.1. The highest BCUT2D eigenvalue weighted by molar-refractivity contribution is 5.75. The second-order valence-electron chi connectivity index (χ2n) is 4.83. The van der Waals surface area contributed by atoms with E-state index in [0.717, 1.165) is 18.3 Å². The lowest BCUT2D eigenvalue weighted by Gasteiger charge is -2.27. The average Bonchev–Trinajstić information content (AvgIpc) is 2.79. The second-order valence-corrected chi connectivity index (χ2v) is 4.83. The first kappa shape index (κ1) is 11.6. The van der Waals surface area contributed by atoms with Gasteiger partial charge in [0.1, 0.15) is 11.3 Å². The van der Waals surface area contributed by atoms with E-state index in [-0.39, 0.29) is 11.4 Å². The molecule has 0 bridgehead atoms. The molecule has 2 atom stereocenters. The molecule has 3 rings (SSSR count). The molecule has 1 aliphatic rings. The molecule has 3 nitrogen and oxygen atoms in total. The van der Waals surface area contributed by atoms with Gasteiger partial charge in [0.05, 0.1) is 5.52 Å². The minimum atomic E-state index is -0.880. The van der Waals surface area contributed by atoms with Crippen molar-refractivity contribution < 1.29 is 13.5 Å². The van der Waals surface area contributed by atoms with Crippen LogP contribution in [0.4, 0.5) is 8.78 Å². The SMILES string of the molecule is CC1COCCC1c1nc2c(F)c(F)ccc2[nH]1. The summed E-state index contributed by atoms with van der Waals surface area (Å²) in [5.74, 6) is -0.471. The van der Waals surface area contributed by atoms with Crippen LogP contribution in [0.5, 0.6) is 0 Å². The molecule has 0 aliphatic carbocycles. The van der Waals surface area contributed by atoms with E-state index >= 15 is 0 Å². The lowest BCUT2D eigenvalue weighted by molar-refractivity contribution is 0.0455. The number of ether oxygens (including phenoxy) is 1. The maximum Gasteiger partial charge on any atom is 0.186 e. The largest absolute Gasteiger partial charge is 0.381 e. The molecule has 1 aromatic heterocycles. The summed E-state index contributed by atoms with van der Waals surface area (Å²) >= 11 is 0. The minimum Gasteiger partial charge on any atom is -0.381 e. The highest BCUT2D eigenvalue weighted by atomic mass is 19.2. The molecule has 1 aliphatic heterocycles. The first-order chi connectivity index (χ1) is 8.66. The highest BCUT2D eigenvalue weighted by Crippen LogP contribution is 2.31. The van der Waals surface area contributed by atoms with Crippen LogP contribution < -0.4 is 0 Å². The van der Waals surface area contributed by atoms with Gasteiger partial charge in [-0.3, -0.25) is 0 Å². The van der Waals surface area contributed by atoms with Crippen molar-refractivity contribution >= 4 is 11.0 Å². The number of aromatic amines is 1. The van der Waals surface area contributed by atoms with Gasteiger partial charge in [-0.05, 0) is 24.5 Å². The zero-order valence-corrected chi connectivity index (χ0v) is 10.0. The smallest absolute Gasteiger partial charge is 0.186 e. The molecular weight excluding hydrogens is 238 g/mol. The summed E-state index contributed by atoms with van der Waals surface area (Å²) in [6.07, 6.45) is 0.852. The van der Waals surface area contributed by atoms with Gasteiger partial charge in [-0.25, -0.2) is 13.8 Å². The predicted molar refractivity (Wildman–Crippen MR) is 63.4 cm³/mol. The van der Waals surface area contributed by atoms with Gasteiger partial charge in [0.15, 0.2) is 11.6 Å². The van der Waals surface area contributed by atoms with Crippen molar-refractivity contribution in [3.05, 3.63) is 29.6 Å². The molecule has 18 heavy (non-hydrogen) atoms. The average molecular weight is 252 g/mol. The molecule has 2 heterocycles. The Morgan fingerprint density at radius 1 is 1.39 bits per heavy atom. The minimum absolute atomic E-state index is 0.0868. The van der Waals surface area contributed by atoms with Crippen molar-refractivity contribution in [1.82, 2.24) is 9.97 Å². The first-order valence-corrected chi connectivity index (χ1v) is 6.08. The third kappa shape index (κ3) is 1.79. The van der Waals surface area contributed by atoms with E-state index in [2.05, 4.69) is 16.9 Å². The lowest BCUT2D eigenvalue weighted by atomic mass is 9.89. The highest BCUT2D eigenvalue weighted by Gasteiger charge is 2.26. The predicted octanol–water partition coefficient (Wildman–Crippen LogP) is 2.98. The second kappa shape index (κ2) is 4.31. The Balaban J connectivity index is 2.05. The van der Waals surface area contributed by atoms with Gasteiger partial charge in [0, 0.05) is 19.1 Å². The molecule has 1 aromatic carbocycles. The normalized spacial score (nSPS) is 24.6. The topological polar surface area (TPSA) is 37.9 Å². The van der Waals surface area contributed by atoms with Crippen LogP contribution in [0.15, 0.2) is 12.1 Å². The number of aromatic nitrogens is 2. The Hall–Kier alpha value is -1.49. The van der Waals surface area contributed by atoms with Crippen molar-refractivity contribution in [1.29, 1.82) is 0 Å². The maximum atomic E-state index is 13.6. The Morgan fingerprint density at radius 3 is 3.00 bits per heavy atom. The van der Waals surface area contributed by atoms with E-state index in [0.29, 0.717) is 24.6 Å². The third-order valence-electron chi connectivity index (χ3n) is 3.56. The van der Waals surface area contributed by atoms with Crippen LogP contribution in [0.1, 0.15) is 25.1 Å². The molecule has 1 fully saturated rings. The zero-order valence-electron chi connectivity index (χ0n) is 10.0. The van der Waals surface area contributed by atoms with E-state index in [9.17, 15) is 8.78 Å². The van der Waals surface area contributed by atoms with Crippen LogP contribution in [0.25, 0.3) is 11.0 Å². The van der Waals surface area contributed by atoms with Crippen molar-refractivity contribution in [2.24, 2.45) is 5.92 Å². The molecule has 0 amide bonds. The fourth-order valence-corrected chi connectivity index (χ4v) is 2.50. The fourth-order valence-electron chi connectivity index (χ4n) is 2.50. The van der Waals surface area contributed by atoms with E-state index in [1.165, 1.54) is 6.07 Å². The fraction of sp³-hybridized carbons (Fsp3) is 0.462. The summed E-state index contributed by atoms with van der Waals surface area (Å²) in [6, 6.07) is 2.64. The number of benzene rings is 1. The first-order valence-electron chi connectivity index (χ1n) is 6.08. The van der Waals surface area contributed by atoms with Gasteiger partial charge in [-0.15, -0.1) is 0 Å². The Morgan fingerprint density at radius 2 is 2.22 bits per heavy atom. The Bertz CT molecular complexity index is 582. The zero-order chi connectivity index (χ0) is 12.7. The number of rotatable bonds is 1. The maximum absolute atomic E-state index is 13.6. The number of fused-ring (bicyclic) bond motifs is 1. The Kier molecular flexibility index (Phi) is 2.78. The molecule has 2 unspecified atom stereocenters. The van der Waals surface area contributed by atoms with Gasteiger partial charge >= 0.3 is 0 Å². The number of H-pyrrole nitrogens is 1. The van der Waals surface area contributed by atoms with Crippen LogP contribution in [0.3, 0.4) is 0 Å². The summed E-state index contributed by atoms with van der Waals surface area (Å²) in [4.78, 5) is 7.31. The quantitative estimate of drug-likeness (QED) is 0.847. The molecule has 0 radical (unpaired) electrons. The molecular formula is C13H14F2N2O. The number of hydrogen-bond donors (Lipinski definition) is 1. The van der Waals surface area contributed by atoms with Gasteiger partial charge < -0.3 is 9.72 Å². The van der Waals surface area contributed by atoms with Crippen LogP contribution in [-0.2, 0) is 4.74 Å². The number of nitrogens with one attached hydrogen (secondary N) is 1. The monoisotopic (exact) mass is 252 g/mol. The standard InChI is InChI=1S/C13H14F2N2O/c1-7-6-18-5-4-8(7)13-16-10-3-2-9(14)11(15)12(10)17-13/h2-3,7-8H,4-6H2,1H3,(H,16,17). The molecule has 5 heteroatoms. The van der Waals surface area contributed by atoms with Crippen LogP contribution in [-0.4, -0.2) is 23.2 Å². The van der Waals surface area contributed by atoms with Crippen LogP contribution in [0.2, 0.25) is 0 Å². The van der Waals surface area contributed by atoms with E-state index < -0.39 is 11.6 Å². The van der Waals surface area contributed by atoms with Crippen molar-refractivity contribution in [3.63, 3.8) is 0 Å². The molecule has 0 saturated carbocycles. The number of imidazole rings is 1. The summed E-state index contributed by atoms with van der Waals surface area (Å²) in [7, 11) is 0. The molecule has 0 spiro atoms. The lowest BCUT2D eigenvalue weighted by Crippen LogP contribution is -2.24. The Labute approximate surface area is 103 Å². The van der Waals surface area contributed by atoms with Gasteiger partial charge in [0.2, 0.25) is 0 Å². The number of hydrogen-bond acceptors (Lipinski definition) is 2. The molecule has 96 valence electrons. The summed E-state index contributed by atoms with van der Waals surface area (Å²) in [6.45, 7) is 3.44. The van der Waals surface area contributed by atoms with Crippen LogP contribution >= 0.6 is 0 Å². The van der Waals surface area contributed by atoms with Crippen molar-refractivity contribution in [2.75, 3.05) is 13.2 Å². The van der Waals surface area contributed by atoms with Gasteiger partial charge in [-0.2, -0.15) is 0 Å². The van der Waals surface area contributed by atoms with E-state index in [4.69, 9.17) is 4.74 Å². The molecule has 1 N–H and O–H groups in total. The summed E-state index contributed by atoms with van der Waals surface area (Å²) in [5, 5.41) is 0. The summed E-state index contributed by atoms with van der Waals surface area (Å²) in [5.41, 5.74) is 0.631. The van der Waals surface area contributed by atoms with Crippen LogP contribution in [0, 0.1) is 17.6 Å². The number of nitrogens with zero attached hydrogens (tertiary/aromatic N) is 1. The van der Waals surface area contributed by atoms with Gasteiger partial charge in [-0.1, -0.05) is 6.92 Å². The van der Waals surface area contributed by atoms with Gasteiger partial charge in [0.25, 0.3) is 0 Å². The number of halogens is 2.